The quantitative estimate of drug-likeness (QED) is 0.114. The largest absolute Gasteiger partial charge is 0.456 e. The lowest BCUT2D eigenvalue weighted by molar-refractivity contribution is 0.669. The summed E-state index contributed by atoms with van der Waals surface area (Å²) >= 11 is 0. The Kier molecular flexibility index (Phi) is 8.79. The van der Waals surface area contributed by atoms with E-state index < -0.39 is 8.07 Å². The lowest BCUT2D eigenvalue weighted by atomic mass is 9.97. The van der Waals surface area contributed by atoms with Crippen LogP contribution >= 0.6 is 0 Å². The molecular weight excluding hydrogens is 747 g/mol. The van der Waals surface area contributed by atoms with Gasteiger partial charge in [-0.2, -0.15) is 0 Å². The second kappa shape index (κ2) is 14.9. The number of hydrogen-bond acceptors (Lipinski definition) is 4. The lowest BCUT2D eigenvalue weighted by Crippen LogP contribution is -2.74. The van der Waals surface area contributed by atoms with E-state index in [0.29, 0.717) is 17.5 Å². The molecule has 0 spiro atoms. The molecule has 0 aliphatic heterocycles. The lowest BCUT2D eigenvalue weighted by Gasteiger charge is -2.34. The first-order chi connectivity index (χ1) is 29.7. The smallest absolute Gasteiger partial charge is 0.179 e. The number of rotatable bonds is 8. The third-order valence-corrected chi connectivity index (χ3v) is 16.4. The van der Waals surface area contributed by atoms with Crippen molar-refractivity contribution in [2.24, 2.45) is 0 Å². The molecule has 0 bridgehead atoms. The van der Waals surface area contributed by atoms with Crippen LogP contribution in [0, 0.1) is 0 Å². The van der Waals surface area contributed by atoms with E-state index in [1.807, 2.05) is 18.2 Å². The summed E-state index contributed by atoms with van der Waals surface area (Å²) in [5.41, 5.74) is 6.76. The minimum Gasteiger partial charge on any atom is -0.456 e. The van der Waals surface area contributed by atoms with Crippen molar-refractivity contribution in [1.29, 1.82) is 0 Å². The van der Waals surface area contributed by atoms with E-state index >= 15 is 0 Å². The van der Waals surface area contributed by atoms with E-state index in [9.17, 15) is 0 Å². The maximum Gasteiger partial charge on any atom is 0.179 e. The molecular formula is C55H37N3OSi. The van der Waals surface area contributed by atoms with Gasteiger partial charge in [-0.05, 0) is 60.8 Å². The van der Waals surface area contributed by atoms with Gasteiger partial charge in [-0.3, -0.25) is 0 Å². The molecule has 5 heteroatoms. The number of nitrogens with zero attached hydrogens (tertiary/aromatic N) is 3. The topological polar surface area (TPSA) is 51.8 Å². The van der Waals surface area contributed by atoms with Crippen molar-refractivity contribution >= 4 is 61.5 Å². The van der Waals surface area contributed by atoms with Crippen LogP contribution in [-0.2, 0) is 0 Å². The van der Waals surface area contributed by atoms with Gasteiger partial charge >= 0.3 is 0 Å². The Morgan fingerprint density at radius 2 is 0.767 bits per heavy atom. The van der Waals surface area contributed by atoms with Crippen molar-refractivity contribution in [1.82, 2.24) is 15.0 Å². The number of benzene rings is 9. The van der Waals surface area contributed by atoms with Crippen molar-refractivity contribution in [2.75, 3.05) is 0 Å². The predicted molar refractivity (Wildman–Crippen MR) is 250 cm³/mol. The van der Waals surface area contributed by atoms with Crippen LogP contribution in [0.1, 0.15) is 0 Å². The Labute approximate surface area is 349 Å². The van der Waals surface area contributed by atoms with Gasteiger partial charge in [-0.15, -0.1) is 0 Å². The summed E-state index contributed by atoms with van der Waals surface area (Å²) in [4.78, 5) is 15.5. The average molecular weight is 784 g/mol. The van der Waals surface area contributed by atoms with E-state index in [1.165, 1.54) is 31.5 Å². The molecule has 4 nitrogen and oxygen atoms in total. The monoisotopic (exact) mass is 783 g/mol. The van der Waals surface area contributed by atoms with Crippen LogP contribution in [0.5, 0.6) is 0 Å². The van der Waals surface area contributed by atoms with Crippen LogP contribution in [0.4, 0.5) is 0 Å². The molecule has 0 aliphatic rings. The molecule has 60 heavy (non-hydrogen) atoms. The Morgan fingerprint density at radius 1 is 0.317 bits per heavy atom. The van der Waals surface area contributed by atoms with Gasteiger partial charge in [-0.25, -0.2) is 15.0 Å². The maximum atomic E-state index is 6.41. The van der Waals surface area contributed by atoms with Crippen molar-refractivity contribution in [3.63, 3.8) is 0 Å². The Morgan fingerprint density at radius 3 is 1.37 bits per heavy atom. The van der Waals surface area contributed by atoms with Crippen molar-refractivity contribution in [2.45, 2.75) is 0 Å². The highest BCUT2D eigenvalue weighted by Crippen LogP contribution is 2.39. The number of aromatic nitrogens is 3. The van der Waals surface area contributed by atoms with Gasteiger partial charge in [0.2, 0.25) is 0 Å². The van der Waals surface area contributed by atoms with Gasteiger partial charge in [0.1, 0.15) is 11.2 Å². The first-order valence-electron chi connectivity index (χ1n) is 20.3. The fourth-order valence-corrected chi connectivity index (χ4v) is 13.7. The molecule has 0 unspecified atom stereocenters. The van der Waals surface area contributed by atoms with Gasteiger partial charge in [0, 0.05) is 27.5 Å². The number of furan rings is 1. The van der Waals surface area contributed by atoms with Gasteiger partial charge < -0.3 is 4.42 Å². The molecule has 282 valence electrons. The molecule has 11 rings (SSSR count). The van der Waals surface area contributed by atoms with E-state index in [-0.39, 0.29) is 0 Å². The zero-order valence-electron chi connectivity index (χ0n) is 32.6. The average Bonchev–Trinajstić information content (AvgIpc) is 3.70. The molecule has 0 radical (unpaired) electrons. The molecule has 0 saturated carbocycles. The van der Waals surface area contributed by atoms with E-state index in [1.54, 1.807) is 0 Å². The van der Waals surface area contributed by atoms with Crippen molar-refractivity contribution in [3.05, 3.63) is 224 Å². The van der Waals surface area contributed by atoms with E-state index in [4.69, 9.17) is 19.4 Å². The first-order valence-corrected chi connectivity index (χ1v) is 22.3. The predicted octanol–water partition coefficient (Wildman–Crippen LogP) is 11.0. The number of fused-ring (bicyclic) bond motifs is 4. The third-order valence-electron chi connectivity index (χ3n) is 11.7. The molecule has 0 aliphatic carbocycles. The van der Waals surface area contributed by atoms with Crippen LogP contribution in [0.2, 0.25) is 0 Å². The second-order valence-corrected chi connectivity index (χ2v) is 19.0. The minimum atomic E-state index is -2.78. The summed E-state index contributed by atoms with van der Waals surface area (Å²) in [5.74, 6) is 1.88. The van der Waals surface area contributed by atoms with Crippen LogP contribution in [0.25, 0.3) is 78.0 Å². The van der Waals surface area contributed by atoms with Crippen LogP contribution in [-0.4, -0.2) is 23.0 Å². The van der Waals surface area contributed by atoms with Gasteiger partial charge in [-0.1, -0.05) is 206 Å². The number of hydrogen-bond donors (Lipinski definition) is 0. The minimum absolute atomic E-state index is 0.618. The molecule has 11 aromatic rings. The summed E-state index contributed by atoms with van der Waals surface area (Å²) in [6, 6.07) is 79.7. The molecule has 0 atom stereocenters. The summed E-state index contributed by atoms with van der Waals surface area (Å²) in [6.07, 6.45) is 0. The van der Waals surface area contributed by atoms with Crippen molar-refractivity contribution in [3.8, 4) is 45.3 Å². The maximum absolute atomic E-state index is 6.41. The normalized spacial score (nSPS) is 11.7. The molecule has 0 saturated heterocycles. The highest BCUT2D eigenvalue weighted by molar-refractivity contribution is 7.19. The van der Waals surface area contributed by atoms with Crippen molar-refractivity contribution < 1.29 is 4.42 Å². The van der Waals surface area contributed by atoms with Crippen LogP contribution in [0.15, 0.2) is 229 Å². The highest BCUT2D eigenvalue weighted by atomic mass is 28.3. The molecule has 0 N–H and O–H groups in total. The zero-order valence-corrected chi connectivity index (χ0v) is 33.6. The Hall–Kier alpha value is -7.73. The molecule has 0 amide bonds. The second-order valence-electron chi connectivity index (χ2n) is 15.2. The fraction of sp³-hybridized carbons (Fsp3) is 0. The van der Waals surface area contributed by atoms with Gasteiger partial charge in [0.05, 0.1) is 0 Å². The third kappa shape index (κ3) is 6.11. The molecule has 9 aromatic carbocycles. The fourth-order valence-electron chi connectivity index (χ4n) is 8.86. The Bertz CT molecular complexity index is 3200. The highest BCUT2D eigenvalue weighted by Gasteiger charge is 2.41. The summed E-state index contributed by atoms with van der Waals surface area (Å²) in [6.45, 7) is 0. The summed E-state index contributed by atoms with van der Waals surface area (Å²) < 4.78 is 6.41. The van der Waals surface area contributed by atoms with Crippen LogP contribution < -0.4 is 20.7 Å². The molecule has 2 aromatic heterocycles. The van der Waals surface area contributed by atoms with Gasteiger partial charge in [0.25, 0.3) is 0 Å². The summed E-state index contributed by atoms with van der Waals surface area (Å²) in [5, 5.41) is 9.77. The van der Waals surface area contributed by atoms with E-state index in [2.05, 4.69) is 206 Å². The molecule has 0 fully saturated rings. The summed E-state index contributed by atoms with van der Waals surface area (Å²) in [7, 11) is -2.78. The SMILES string of the molecule is c1ccc(-c2nc(-c3ccc(-c4cccc5oc6cc7ccccc7cc6c45)cc3)nc(-c3cccc([Si](c4ccccc4)(c4ccccc4)c4ccccc4)c3)n2)cc1. The van der Waals surface area contributed by atoms with Gasteiger partial charge in [0.15, 0.2) is 25.5 Å². The standard InChI is InChI=1S/C55H37N3OSi/c1-5-17-39(18-6-1)53-56-54(40-33-31-38(32-34-40)48-29-16-30-50-52(48)49-36-41-19-13-14-20-42(41)37-51(49)59-50)58-55(57-53)43-21-15-28-47(35-43)60(44-22-7-2-8-23-44,45-24-9-3-10-25-45)46-26-11-4-12-27-46/h1-37H. The zero-order chi connectivity index (χ0) is 39.9. The first kappa shape index (κ1) is 35.4. The molecule has 2 heterocycles. The van der Waals surface area contributed by atoms with E-state index in [0.717, 1.165) is 49.8 Å². The van der Waals surface area contributed by atoms with Crippen LogP contribution in [0.3, 0.4) is 0 Å². The Balaban J connectivity index is 1.05.